The zero-order valence-electron chi connectivity index (χ0n) is 12.3. The summed E-state index contributed by atoms with van der Waals surface area (Å²) in [7, 11) is 1.90. The lowest BCUT2D eigenvalue weighted by atomic mass is 9.82. The second-order valence-electron chi connectivity index (χ2n) is 6.47. The summed E-state index contributed by atoms with van der Waals surface area (Å²) in [5.41, 5.74) is 1.10. The summed E-state index contributed by atoms with van der Waals surface area (Å²) >= 11 is 0. The fourth-order valence-electron chi connectivity index (χ4n) is 2.69. The molecule has 2 atom stereocenters. The van der Waals surface area contributed by atoms with Crippen LogP contribution in [0.3, 0.4) is 0 Å². The van der Waals surface area contributed by atoms with Gasteiger partial charge in [0, 0.05) is 11.6 Å². The Bertz CT molecular complexity index is 368. The normalized spacial score (nSPS) is 15.4. The van der Waals surface area contributed by atoms with Crippen molar-refractivity contribution in [3.05, 3.63) is 35.6 Å². The molecular formula is C16H26FN. The third kappa shape index (κ3) is 4.77. The van der Waals surface area contributed by atoms with E-state index in [0.717, 1.165) is 18.4 Å². The van der Waals surface area contributed by atoms with Gasteiger partial charge in [-0.05, 0) is 37.3 Å². The van der Waals surface area contributed by atoms with E-state index in [1.54, 1.807) is 6.07 Å². The lowest BCUT2D eigenvalue weighted by molar-refractivity contribution is 0.277. The lowest BCUT2D eigenvalue weighted by Crippen LogP contribution is -2.22. The molecule has 1 aromatic rings. The molecule has 18 heavy (non-hydrogen) atoms. The van der Waals surface area contributed by atoms with Crippen molar-refractivity contribution in [2.24, 2.45) is 11.3 Å². The summed E-state index contributed by atoms with van der Waals surface area (Å²) in [6.07, 6.45) is 2.12. The minimum atomic E-state index is -0.111. The quantitative estimate of drug-likeness (QED) is 0.809. The number of benzene rings is 1. The number of halogens is 1. The Labute approximate surface area is 111 Å². The molecule has 1 N–H and O–H groups in total. The van der Waals surface area contributed by atoms with Crippen LogP contribution < -0.4 is 5.32 Å². The van der Waals surface area contributed by atoms with Gasteiger partial charge in [-0.1, -0.05) is 45.9 Å². The number of rotatable bonds is 5. The maximum absolute atomic E-state index is 13.8. The molecule has 2 unspecified atom stereocenters. The van der Waals surface area contributed by atoms with Gasteiger partial charge in [-0.15, -0.1) is 0 Å². The van der Waals surface area contributed by atoms with Gasteiger partial charge in [-0.25, -0.2) is 4.39 Å². The van der Waals surface area contributed by atoms with Crippen molar-refractivity contribution in [1.29, 1.82) is 0 Å². The van der Waals surface area contributed by atoms with Gasteiger partial charge >= 0.3 is 0 Å². The molecular weight excluding hydrogens is 225 g/mol. The zero-order valence-corrected chi connectivity index (χ0v) is 12.3. The highest BCUT2D eigenvalue weighted by molar-refractivity contribution is 5.21. The van der Waals surface area contributed by atoms with Gasteiger partial charge in [-0.3, -0.25) is 0 Å². The van der Waals surface area contributed by atoms with Crippen LogP contribution in [0.25, 0.3) is 0 Å². The first kappa shape index (κ1) is 15.2. The summed E-state index contributed by atoms with van der Waals surface area (Å²) in [5.74, 6) is 0.460. The third-order valence-electron chi connectivity index (χ3n) is 3.23. The van der Waals surface area contributed by atoms with Gasteiger partial charge in [0.25, 0.3) is 0 Å². The largest absolute Gasteiger partial charge is 0.313 e. The van der Waals surface area contributed by atoms with E-state index < -0.39 is 0 Å². The maximum Gasteiger partial charge on any atom is 0.127 e. The van der Waals surface area contributed by atoms with E-state index in [0.29, 0.717) is 11.3 Å². The Morgan fingerprint density at radius 1 is 1.22 bits per heavy atom. The van der Waals surface area contributed by atoms with Crippen LogP contribution >= 0.6 is 0 Å². The van der Waals surface area contributed by atoms with Crippen molar-refractivity contribution in [2.45, 2.75) is 46.6 Å². The molecule has 0 aliphatic carbocycles. The predicted molar refractivity (Wildman–Crippen MR) is 76.1 cm³/mol. The van der Waals surface area contributed by atoms with E-state index in [4.69, 9.17) is 0 Å². The molecule has 0 aliphatic heterocycles. The summed E-state index contributed by atoms with van der Waals surface area (Å²) < 4.78 is 13.8. The third-order valence-corrected chi connectivity index (χ3v) is 3.23. The Kier molecular flexibility index (Phi) is 5.33. The number of hydrogen-bond acceptors (Lipinski definition) is 1. The van der Waals surface area contributed by atoms with E-state index in [-0.39, 0.29) is 11.9 Å². The van der Waals surface area contributed by atoms with Gasteiger partial charge in [0.2, 0.25) is 0 Å². The molecule has 1 aromatic carbocycles. The SMILES string of the molecule is CNC(CC(C)CC(C)(C)C)c1ccccc1F. The van der Waals surface area contributed by atoms with Crippen molar-refractivity contribution >= 4 is 0 Å². The fourth-order valence-corrected chi connectivity index (χ4v) is 2.69. The van der Waals surface area contributed by atoms with E-state index in [1.165, 1.54) is 6.07 Å². The average molecular weight is 251 g/mol. The molecule has 1 nitrogen and oxygen atoms in total. The molecule has 0 heterocycles. The van der Waals surface area contributed by atoms with Gasteiger partial charge in [0.1, 0.15) is 5.82 Å². The Morgan fingerprint density at radius 2 is 1.83 bits per heavy atom. The summed E-state index contributed by atoms with van der Waals surface area (Å²) in [5, 5.41) is 3.24. The van der Waals surface area contributed by atoms with Crippen LogP contribution in [-0.4, -0.2) is 7.05 Å². The number of hydrogen-bond donors (Lipinski definition) is 1. The molecule has 1 rings (SSSR count). The summed E-state index contributed by atoms with van der Waals surface area (Å²) in [6.45, 7) is 9.00. The monoisotopic (exact) mass is 251 g/mol. The first-order valence-corrected chi connectivity index (χ1v) is 6.75. The molecule has 102 valence electrons. The molecule has 0 amide bonds. The molecule has 2 heteroatoms. The molecule has 0 aromatic heterocycles. The standard InChI is InChI=1S/C16H26FN/c1-12(11-16(2,3)4)10-15(18-5)13-8-6-7-9-14(13)17/h6-9,12,15,18H,10-11H2,1-5H3. The fraction of sp³-hybridized carbons (Fsp3) is 0.625. The number of nitrogens with one attached hydrogen (secondary N) is 1. The first-order valence-electron chi connectivity index (χ1n) is 6.75. The van der Waals surface area contributed by atoms with Crippen molar-refractivity contribution in [3.63, 3.8) is 0 Å². The molecule has 0 bridgehead atoms. The predicted octanol–water partition coefficient (Wildman–Crippen LogP) is 4.55. The van der Waals surface area contributed by atoms with Crippen molar-refractivity contribution in [1.82, 2.24) is 5.32 Å². The van der Waals surface area contributed by atoms with Crippen molar-refractivity contribution in [2.75, 3.05) is 7.05 Å². The van der Waals surface area contributed by atoms with Gasteiger partial charge in [0.05, 0.1) is 0 Å². The summed E-state index contributed by atoms with van der Waals surface area (Å²) in [4.78, 5) is 0. The van der Waals surface area contributed by atoms with Crippen LogP contribution in [0.15, 0.2) is 24.3 Å². The van der Waals surface area contributed by atoms with Crippen LogP contribution in [0.2, 0.25) is 0 Å². The van der Waals surface area contributed by atoms with E-state index in [1.807, 2.05) is 19.2 Å². The topological polar surface area (TPSA) is 12.0 Å². The van der Waals surface area contributed by atoms with Crippen LogP contribution in [0.1, 0.15) is 52.1 Å². The highest BCUT2D eigenvalue weighted by Gasteiger charge is 2.20. The molecule has 0 spiro atoms. The van der Waals surface area contributed by atoms with Gasteiger partial charge in [-0.2, -0.15) is 0 Å². The van der Waals surface area contributed by atoms with Crippen LogP contribution in [0.4, 0.5) is 4.39 Å². The van der Waals surface area contributed by atoms with Gasteiger partial charge < -0.3 is 5.32 Å². The van der Waals surface area contributed by atoms with E-state index >= 15 is 0 Å². The maximum atomic E-state index is 13.8. The van der Waals surface area contributed by atoms with Crippen molar-refractivity contribution in [3.8, 4) is 0 Å². The molecule has 0 aliphatic rings. The minimum Gasteiger partial charge on any atom is -0.313 e. The Hall–Kier alpha value is -0.890. The van der Waals surface area contributed by atoms with Crippen LogP contribution in [-0.2, 0) is 0 Å². The lowest BCUT2D eigenvalue weighted by Gasteiger charge is -2.27. The molecule has 0 saturated heterocycles. The molecule has 0 fully saturated rings. The molecule has 0 saturated carbocycles. The first-order chi connectivity index (χ1) is 8.33. The Morgan fingerprint density at radius 3 is 2.33 bits per heavy atom. The zero-order chi connectivity index (χ0) is 13.8. The average Bonchev–Trinajstić information content (AvgIpc) is 2.24. The van der Waals surface area contributed by atoms with Crippen molar-refractivity contribution < 1.29 is 4.39 Å². The smallest absolute Gasteiger partial charge is 0.127 e. The van der Waals surface area contributed by atoms with Crippen LogP contribution in [0, 0.1) is 17.2 Å². The summed E-state index contributed by atoms with van der Waals surface area (Å²) in [6, 6.07) is 7.15. The second kappa shape index (κ2) is 6.33. The Balaban J connectivity index is 2.71. The molecule has 0 radical (unpaired) electrons. The van der Waals surface area contributed by atoms with E-state index in [9.17, 15) is 4.39 Å². The highest BCUT2D eigenvalue weighted by atomic mass is 19.1. The van der Waals surface area contributed by atoms with Gasteiger partial charge in [0.15, 0.2) is 0 Å². The minimum absolute atomic E-state index is 0.101. The van der Waals surface area contributed by atoms with Crippen LogP contribution in [0.5, 0.6) is 0 Å². The highest BCUT2D eigenvalue weighted by Crippen LogP contribution is 2.31. The second-order valence-corrected chi connectivity index (χ2v) is 6.47. The van der Waals surface area contributed by atoms with E-state index in [2.05, 4.69) is 33.0 Å².